The van der Waals surface area contributed by atoms with Gasteiger partial charge in [-0.05, 0) is 50.2 Å². The zero-order valence-electron chi connectivity index (χ0n) is 15.9. The fraction of sp³-hybridized carbons (Fsp3) is 0.190. The Morgan fingerprint density at radius 1 is 1.11 bits per heavy atom. The first-order valence-corrected chi connectivity index (χ1v) is 8.74. The van der Waals surface area contributed by atoms with Crippen molar-refractivity contribution >= 4 is 11.6 Å². The van der Waals surface area contributed by atoms with E-state index in [1.54, 1.807) is 63.4 Å². The van der Waals surface area contributed by atoms with Crippen molar-refractivity contribution in [2.45, 2.75) is 20.0 Å². The van der Waals surface area contributed by atoms with Gasteiger partial charge in [0.1, 0.15) is 17.3 Å². The predicted octanol–water partition coefficient (Wildman–Crippen LogP) is 3.16. The maximum atomic E-state index is 12.5. The van der Waals surface area contributed by atoms with Crippen LogP contribution in [0, 0.1) is 6.92 Å². The average molecular weight is 379 g/mol. The third kappa shape index (κ3) is 4.76. The number of ether oxygens (including phenoxy) is 2. The van der Waals surface area contributed by atoms with Crippen LogP contribution >= 0.6 is 0 Å². The molecule has 1 aromatic heterocycles. The molecule has 0 saturated carbocycles. The van der Waals surface area contributed by atoms with Gasteiger partial charge in [0.15, 0.2) is 6.10 Å². The Bertz CT molecular complexity index is 1030. The monoisotopic (exact) mass is 379 g/mol. The first-order chi connectivity index (χ1) is 13.4. The highest BCUT2D eigenvalue weighted by Crippen LogP contribution is 2.21. The van der Waals surface area contributed by atoms with E-state index in [4.69, 9.17) is 9.47 Å². The summed E-state index contributed by atoms with van der Waals surface area (Å²) >= 11 is 0. The average Bonchev–Trinajstić information content (AvgIpc) is 2.68. The highest BCUT2D eigenvalue weighted by molar-refractivity contribution is 5.94. The van der Waals surface area contributed by atoms with Crippen LogP contribution in [0.2, 0.25) is 0 Å². The van der Waals surface area contributed by atoms with Gasteiger partial charge >= 0.3 is 0 Å². The Kier molecular flexibility index (Phi) is 5.74. The lowest BCUT2D eigenvalue weighted by Gasteiger charge is -2.15. The molecule has 7 heteroatoms. The summed E-state index contributed by atoms with van der Waals surface area (Å²) in [6.07, 6.45) is -0.700. The molecule has 0 aliphatic heterocycles. The zero-order valence-corrected chi connectivity index (χ0v) is 15.9. The Morgan fingerprint density at radius 3 is 2.50 bits per heavy atom. The summed E-state index contributed by atoms with van der Waals surface area (Å²) in [5, 5.41) is 2.82. The van der Waals surface area contributed by atoms with Gasteiger partial charge in [-0.1, -0.05) is 12.1 Å². The van der Waals surface area contributed by atoms with E-state index in [0.29, 0.717) is 34.3 Å². The van der Waals surface area contributed by atoms with E-state index in [1.807, 2.05) is 6.07 Å². The van der Waals surface area contributed by atoms with Crippen molar-refractivity contribution in [3.8, 4) is 22.9 Å². The second-order valence-electron chi connectivity index (χ2n) is 6.24. The Hall–Kier alpha value is -3.61. The number of nitrogens with zero attached hydrogens (tertiary/aromatic N) is 1. The molecule has 2 N–H and O–H groups in total. The van der Waals surface area contributed by atoms with Crippen LogP contribution in [0.5, 0.6) is 11.5 Å². The van der Waals surface area contributed by atoms with Gasteiger partial charge in [-0.3, -0.25) is 9.59 Å². The minimum Gasteiger partial charge on any atom is -0.497 e. The highest BCUT2D eigenvalue weighted by Gasteiger charge is 2.15. The molecule has 0 aliphatic rings. The molecule has 2 aromatic carbocycles. The molecule has 28 heavy (non-hydrogen) atoms. The predicted molar refractivity (Wildman–Crippen MR) is 107 cm³/mol. The van der Waals surface area contributed by atoms with E-state index in [-0.39, 0.29) is 11.5 Å². The Labute approximate surface area is 162 Å². The Morgan fingerprint density at radius 2 is 1.82 bits per heavy atom. The fourth-order valence-electron chi connectivity index (χ4n) is 2.62. The standard InChI is InChI=1S/C21H21N3O4/c1-13-11-19(25)24-20(22-13)15-5-4-6-16(12-15)23-21(26)14(2)28-18-9-7-17(27-3)8-10-18/h4-12,14H,1-3H3,(H,23,26)(H,22,24,25). The van der Waals surface area contributed by atoms with E-state index in [1.165, 1.54) is 6.07 Å². The third-order valence-corrected chi connectivity index (χ3v) is 4.01. The van der Waals surface area contributed by atoms with Gasteiger partial charge in [-0.15, -0.1) is 0 Å². The van der Waals surface area contributed by atoms with Gasteiger partial charge in [-0.2, -0.15) is 0 Å². The number of H-pyrrole nitrogens is 1. The van der Waals surface area contributed by atoms with Gasteiger partial charge < -0.3 is 19.8 Å². The largest absolute Gasteiger partial charge is 0.497 e. The van der Waals surface area contributed by atoms with Crippen molar-refractivity contribution in [1.82, 2.24) is 9.97 Å². The molecule has 1 heterocycles. The molecule has 0 spiro atoms. The third-order valence-electron chi connectivity index (χ3n) is 4.01. The molecule has 0 aliphatic carbocycles. The minimum atomic E-state index is -0.700. The number of rotatable bonds is 6. The summed E-state index contributed by atoms with van der Waals surface area (Å²) < 4.78 is 10.8. The van der Waals surface area contributed by atoms with Crippen LogP contribution in [0.25, 0.3) is 11.4 Å². The van der Waals surface area contributed by atoms with E-state index in [0.717, 1.165) is 0 Å². The number of carbonyl (C=O) groups excluding carboxylic acids is 1. The number of benzene rings is 2. The van der Waals surface area contributed by atoms with Crippen LogP contribution in [0.4, 0.5) is 5.69 Å². The first kappa shape index (κ1) is 19.2. The molecule has 0 radical (unpaired) electrons. The van der Waals surface area contributed by atoms with E-state index < -0.39 is 6.10 Å². The van der Waals surface area contributed by atoms with Crippen molar-refractivity contribution in [1.29, 1.82) is 0 Å². The first-order valence-electron chi connectivity index (χ1n) is 8.74. The molecule has 0 fully saturated rings. The van der Waals surface area contributed by atoms with Gasteiger partial charge in [0.05, 0.1) is 7.11 Å². The molecule has 1 amide bonds. The number of nitrogens with one attached hydrogen (secondary N) is 2. The molecule has 7 nitrogen and oxygen atoms in total. The SMILES string of the molecule is COc1ccc(OC(C)C(=O)Nc2cccc(-c3nc(C)cc(=O)[nH]3)c2)cc1. The van der Waals surface area contributed by atoms with E-state index in [2.05, 4.69) is 15.3 Å². The van der Waals surface area contributed by atoms with Crippen LogP contribution in [0.1, 0.15) is 12.6 Å². The van der Waals surface area contributed by atoms with Gasteiger partial charge in [-0.25, -0.2) is 4.98 Å². The molecule has 0 bridgehead atoms. The van der Waals surface area contributed by atoms with Crippen molar-refractivity contribution in [3.05, 3.63) is 70.6 Å². The number of hydrogen-bond donors (Lipinski definition) is 2. The van der Waals surface area contributed by atoms with Crippen molar-refractivity contribution in [3.63, 3.8) is 0 Å². The number of aryl methyl sites for hydroxylation is 1. The van der Waals surface area contributed by atoms with Crippen molar-refractivity contribution in [2.24, 2.45) is 0 Å². The molecule has 144 valence electrons. The smallest absolute Gasteiger partial charge is 0.265 e. The molecule has 3 aromatic rings. The van der Waals surface area contributed by atoms with Gasteiger partial charge in [0, 0.05) is 23.0 Å². The van der Waals surface area contributed by atoms with Gasteiger partial charge in [0.2, 0.25) is 0 Å². The van der Waals surface area contributed by atoms with Crippen LogP contribution in [-0.2, 0) is 4.79 Å². The summed E-state index contributed by atoms with van der Waals surface area (Å²) in [5.74, 6) is 1.44. The van der Waals surface area contributed by atoms with Gasteiger partial charge in [0.25, 0.3) is 11.5 Å². The van der Waals surface area contributed by atoms with Crippen LogP contribution < -0.4 is 20.3 Å². The van der Waals surface area contributed by atoms with Crippen molar-refractivity contribution in [2.75, 3.05) is 12.4 Å². The lowest BCUT2D eigenvalue weighted by atomic mass is 10.1. The summed E-state index contributed by atoms with van der Waals surface area (Å²) in [6, 6.07) is 15.5. The van der Waals surface area contributed by atoms with Crippen LogP contribution in [-0.4, -0.2) is 29.1 Å². The number of hydrogen-bond acceptors (Lipinski definition) is 5. The molecule has 0 saturated heterocycles. The lowest BCUT2D eigenvalue weighted by molar-refractivity contribution is -0.122. The molecular weight excluding hydrogens is 358 g/mol. The Balaban J connectivity index is 1.70. The van der Waals surface area contributed by atoms with Crippen LogP contribution in [0.15, 0.2) is 59.4 Å². The normalized spacial score (nSPS) is 11.5. The van der Waals surface area contributed by atoms with Crippen LogP contribution in [0.3, 0.4) is 0 Å². The molecule has 1 unspecified atom stereocenters. The molecular formula is C21H21N3O4. The van der Waals surface area contributed by atoms with E-state index in [9.17, 15) is 9.59 Å². The highest BCUT2D eigenvalue weighted by atomic mass is 16.5. The number of methoxy groups -OCH3 is 1. The summed E-state index contributed by atoms with van der Waals surface area (Å²) in [6.45, 7) is 3.42. The summed E-state index contributed by atoms with van der Waals surface area (Å²) in [7, 11) is 1.59. The quantitative estimate of drug-likeness (QED) is 0.686. The number of carbonyl (C=O) groups is 1. The topological polar surface area (TPSA) is 93.3 Å². The number of anilines is 1. The number of aromatic nitrogens is 2. The lowest BCUT2D eigenvalue weighted by Crippen LogP contribution is -2.30. The zero-order chi connectivity index (χ0) is 20.1. The minimum absolute atomic E-state index is 0.224. The second kappa shape index (κ2) is 8.39. The number of amides is 1. The molecule has 1 atom stereocenters. The maximum Gasteiger partial charge on any atom is 0.265 e. The van der Waals surface area contributed by atoms with E-state index >= 15 is 0 Å². The second-order valence-corrected chi connectivity index (χ2v) is 6.24. The summed E-state index contributed by atoms with van der Waals surface area (Å²) in [5.41, 5.74) is 1.67. The summed E-state index contributed by atoms with van der Waals surface area (Å²) in [4.78, 5) is 31.1. The fourth-order valence-corrected chi connectivity index (χ4v) is 2.62. The maximum absolute atomic E-state index is 12.5. The number of aromatic amines is 1. The molecule has 3 rings (SSSR count). The van der Waals surface area contributed by atoms with Crippen molar-refractivity contribution < 1.29 is 14.3 Å².